The molecule has 0 saturated carbocycles. The van der Waals surface area contributed by atoms with Gasteiger partial charge >= 0.3 is 0 Å². The van der Waals surface area contributed by atoms with Crippen molar-refractivity contribution in [1.82, 2.24) is 44.7 Å². The standard InChI is InChI=1S/C30H35N11O/c1-39(2)14-15-41-28-21(16-25(29(41)42)26-9-4-20(17-32-26)27-19-34-38-40(27)3)18-33-30(37-28)36-23-7-5-22(6-8-23)35-24-10-12-31-13-11-24/h4-9,16-19,24,31,35H,10-15H2,1-3H3,(H,33,36,37). The Labute approximate surface area is 243 Å². The van der Waals surface area contributed by atoms with Gasteiger partial charge in [-0.25, -0.2) is 9.67 Å². The van der Waals surface area contributed by atoms with Crippen molar-refractivity contribution < 1.29 is 0 Å². The Balaban J connectivity index is 1.28. The zero-order valence-electron chi connectivity index (χ0n) is 24.1. The van der Waals surface area contributed by atoms with Crippen LogP contribution >= 0.6 is 0 Å². The second-order valence-electron chi connectivity index (χ2n) is 10.8. The van der Waals surface area contributed by atoms with E-state index in [0.29, 0.717) is 42.0 Å². The van der Waals surface area contributed by atoms with Crippen molar-refractivity contribution in [3.8, 4) is 22.5 Å². The molecule has 0 radical (unpaired) electrons. The Bertz CT molecular complexity index is 1720. The monoisotopic (exact) mass is 565 g/mol. The summed E-state index contributed by atoms with van der Waals surface area (Å²) in [6, 6.07) is 14.2. The van der Waals surface area contributed by atoms with Gasteiger partial charge in [0, 0.05) is 60.9 Å². The van der Waals surface area contributed by atoms with Gasteiger partial charge < -0.3 is 20.9 Å². The fourth-order valence-corrected chi connectivity index (χ4v) is 5.15. The number of pyridine rings is 2. The van der Waals surface area contributed by atoms with Crippen molar-refractivity contribution >= 4 is 28.4 Å². The van der Waals surface area contributed by atoms with Crippen molar-refractivity contribution in [3.05, 3.63) is 71.4 Å². The molecule has 3 N–H and O–H groups in total. The minimum Gasteiger partial charge on any atom is -0.382 e. The maximum Gasteiger partial charge on any atom is 0.261 e. The highest BCUT2D eigenvalue weighted by Crippen LogP contribution is 2.24. The molecule has 1 fully saturated rings. The maximum absolute atomic E-state index is 13.8. The predicted octanol–water partition coefficient (Wildman–Crippen LogP) is 3.12. The SMILES string of the molecule is CN(C)CCn1c(=O)c(-c2ccc(-c3cnnn3C)cn2)cc2cnc(Nc3ccc(NC4CCNCC4)cc3)nc21. The molecule has 5 aromatic rings. The number of nitrogens with zero attached hydrogens (tertiary/aromatic N) is 8. The summed E-state index contributed by atoms with van der Waals surface area (Å²) in [5, 5.41) is 19.0. The van der Waals surface area contributed by atoms with Crippen LogP contribution < -0.4 is 21.5 Å². The van der Waals surface area contributed by atoms with Crippen LogP contribution in [0.2, 0.25) is 0 Å². The first-order valence-electron chi connectivity index (χ1n) is 14.2. The average molecular weight is 566 g/mol. The maximum atomic E-state index is 13.8. The van der Waals surface area contributed by atoms with E-state index in [4.69, 9.17) is 4.98 Å². The summed E-state index contributed by atoms with van der Waals surface area (Å²) < 4.78 is 3.40. The van der Waals surface area contributed by atoms with Crippen LogP contribution in [0.3, 0.4) is 0 Å². The number of aryl methyl sites for hydroxylation is 1. The number of likely N-dealkylation sites (N-methyl/N-ethyl adjacent to an activating group) is 1. The van der Waals surface area contributed by atoms with Crippen molar-refractivity contribution in [1.29, 1.82) is 0 Å². The van der Waals surface area contributed by atoms with Gasteiger partial charge in [0.05, 0.1) is 23.1 Å². The van der Waals surface area contributed by atoms with E-state index in [1.807, 2.05) is 56.4 Å². The van der Waals surface area contributed by atoms with Crippen molar-refractivity contribution in [2.24, 2.45) is 7.05 Å². The number of rotatable bonds is 9. The molecule has 1 aromatic carbocycles. The molecule has 12 heteroatoms. The van der Waals surface area contributed by atoms with Gasteiger partial charge in [0.2, 0.25) is 5.95 Å². The van der Waals surface area contributed by atoms with E-state index in [1.165, 1.54) is 0 Å². The Morgan fingerprint density at radius 2 is 1.79 bits per heavy atom. The molecule has 0 unspecified atom stereocenters. The third kappa shape index (κ3) is 5.99. The second-order valence-corrected chi connectivity index (χ2v) is 10.8. The quantitative estimate of drug-likeness (QED) is 0.245. The summed E-state index contributed by atoms with van der Waals surface area (Å²) in [6.45, 7) is 3.24. The number of anilines is 3. The molecule has 0 aliphatic carbocycles. The number of piperidine rings is 1. The summed E-state index contributed by atoms with van der Waals surface area (Å²) >= 11 is 0. The molecule has 6 rings (SSSR count). The lowest BCUT2D eigenvalue weighted by atomic mass is 10.1. The Kier molecular flexibility index (Phi) is 7.89. The highest BCUT2D eigenvalue weighted by Gasteiger charge is 2.16. The third-order valence-electron chi connectivity index (χ3n) is 7.50. The van der Waals surface area contributed by atoms with Gasteiger partial charge in [-0.1, -0.05) is 5.21 Å². The largest absolute Gasteiger partial charge is 0.382 e. The summed E-state index contributed by atoms with van der Waals surface area (Å²) in [7, 11) is 5.79. The number of fused-ring (bicyclic) bond motifs is 1. The number of aromatic nitrogens is 7. The fourth-order valence-electron chi connectivity index (χ4n) is 5.15. The van der Waals surface area contributed by atoms with Crippen LogP contribution in [0.4, 0.5) is 17.3 Å². The molecule has 12 nitrogen and oxygen atoms in total. The number of hydrogen-bond donors (Lipinski definition) is 3. The minimum absolute atomic E-state index is 0.148. The van der Waals surface area contributed by atoms with E-state index in [1.54, 1.807) is 27.8 Å². The van der Waals surface area contributed by atoms with Crippen molar-refractivity contribution in [2.45, 2.75) is 25.4 Å². The number of nitrogens with one attached hydrogen (secondary N) is 3. The van der Waals surface area contributed by atoms with Gasteiger partial charge in [0.15, 0.2) is 0 Å². The van der Waals surface area contributed by atoms with E-state index in [-0.39, 0.29) is 5.56 Å². The normalized spacial score (nSPS) is 14.0. The van der Waals surface area contributed by atoms with E-state index in [9.17, 15) is 4.79 Å². The lowest BCUT2D eigenvalue weighted by Gasteiger charge is -2.24. The van der Waals surface area contributed by atoms with Crippen LogP contribution in [-0.2, 0) is 13.6 Å². The van der Waals surface area contributed by atoms with Gasteiger partial charge in [0.1, 0.15) is 5.65 Å². The molecule has 216 valence electrons. The molecule has 0 spiro atoms. The van der Waals surface area contributed by atoms with E-state index >= 15 is 0 Å². The first kappa shape index (κ1) is 27.5. The lowest BCUT2D eigenvalue weighted by molar-refractivity contribution is 0.384. The topological polar surface area (TPSA) is 131 Å². The molecule has 0 bridgehead atoms. The fraction of sp³-hybridized carbons (Fsp3) is 0.333. The van der Waals surface area contributed by atoms with Crippen LogP contribution in [0.15, 0.2) is 65.8 Å². The van der Waals surface area contributed by atoms with Gasteiger partial charge in [-0.2, -0.15) is 4.98 Å². The van der Waals surface area contributed by atoms with Crippen LogP contribution in [-0.4, -0.2) is 79.2 Å². The van der Waals surface area contributed by atoms with Crippen molar-refractivity contribution in [3.63, 3.8) is 0 Å². The zero-order chi connectivity index (χ0) is 29.1. The third-order valence-corrected chi connectivity index (χ3v) is 7.50. The van der Waals surface area contributed by atoms with Gasteiger partial charge in [-0.3, -0.25) is 14.3 Å². The van der Waals surface area contributed by atoms with Crippen LogP contribution in [0.5, 0.6) is 0 Å². The highest BCUT2D eigenvalue weighted by atomic mass is 16.1. The van der Waals surface area contributed by atoms with E-state index < -0.39 is 0 Å². The Hall–Kier alpha value is -4.68. The predicted molar refractivity (Wildman–Crippen MR) is 165 cm³/mol. The summed E-state index contributed by atoms with van der Waals surface area (Å²) in [4.78, 5) is 29.8. The van der Waals surface area contributed by atoms with Crippen LogP contribution in [0, 0.1) is 0 Å². The molecule has 1 saturated heterocycles. The molecule has 5 heterocycles. The molecular weight excluding hydrogens is 530 g/mol. The molecule has 4 aromatic heterocycles. The number of benzene rings is 1. The van der Waals surface area contributed by atoms with E-state index in [2.05, 4.69) is 48.4 Å². The minimum atomic E-state index is -0.148. The van der Waals surface area contributed by atoms with Gasteiger partial charge in [0.25, 0.3) is 5.56 Å². The van der Waals surface area contributed by atoms with E-state index in [0.717, 1.165) is 53.9 Å². The van der Waals surface area contributed by atoms with Crippen LogP contribution in [0.1, 0.15) is 12.8 Å². The lowest BCUT2D eigenvalue weighted by Crippen LogP contribution is -2.35. The second kappa shape index (κ2) is 12.0. The van der Waals surface area contributed by atoms with Gasteiger partial charge in [-0.15, -0.1) is 5.10 Å². The molecule has 42 heavy (non-hydrogen) atoms. The molecule has 0 atom stereocenters. The average Bonchev–Trinajstić information content (AvgIpc) is 3.44. The number of hydrogen-bond acceptors (Lipinski definition) is 10. The van der Waals surface area contributed by atoms with Crippen molar-refractivity contribution in [2.75, 3.05) is 44.4 Å². The zero-order valence-corrected chi connectivity index (χ0v) is 24.1. The highest BCUT2D eigenvalue weighted by molar-refractivity contribution is 5.81. The summed E-state index contributed by atoms with van der Waals surface area (Å²) in [5.74, 6) is 0.430. The first-order valence-corrected chi connectivity index (χ1v) is 14.2. The summed E-state index contributed by atoms with van der Waals surface area (Å²) in [5.41, 5.74) is 5.19. The molecular formula is C30H35N11O. The van der Waals surface area contributed by atoms with Gasteiger partial charge in [-0.05, 0) is 82.5 Å². The smallest absolute Gasteiger partial charge is 0.261 e. The van der Waals surface area contributed by atoms with Crippen LogP contribution in [0.25, 0.3) is 33.5 Å². The first-order chi connectivity index (χ1) is 20.4. The molecule has 0 amide bonds. The molecule has 1 aliphatic rings. The summed E-state index contributed by atoms with van der Waals surface area (Å²) in [6.07, 6.45) is 7.41. The Morgan fingerprint density at radius 3 is 2.48 bits per heavy atom. The Morgan fingerprint density at radius 1 is 1.00 bits per heavy atom. The molecule has 1 aliphatic heterocycles.